The van der Waals surface area contributed by atoms with E-state index in [1.165, 1.54) is 22.2 Å². The van der Waals surface area contributed by atoms with Gasteiger partial charge < -0.3 is 9.84 Å². The van der Waals surface area contributed by atoms with Crippen LogP contribution in [0.25, 0.3) is 10.9 Å². The number of carboxylic acid groups (broad SMARTS) is 1. The molecule has 0 aliphatic heterocycles. The molecule has 0 radical (unpaired) electrons. The molecular weight excluding hydrogens is 470 g/mol. The quantitative estimate of drug-likeness (QED) is 0.481. The van der Waals surface area contributed by atoms with Crippen molar-refractivity contribution in [3.63, 3.8) is 0 Å². The van der Waals surface area contributed by atoms with Crippen molar-refractivity contribution in [2.45, 2.75) is 51.0 Å². The van der Waals surface area contributed by atoms with Crippen molar-refractivity contribution in [3.05, 3.63) is 58.2 Å². The Balaban J connectivity index is 2.08. The third-order valence-electron chi connectivity index (χ3n) is 5.00. The number of carboxylic acids is 1. The molecule has 6 nitrogen and oxygen atoms in total. The predicted octanol–water partition coefficient (Wildman–Crippen LogP) is 5.31. The number of hydrogen-bond acceptors (Lipinski definition) is 4. The van der Waals surface area contributed by atoms with Crippen molar-refractivity contribution in [1.29, 1.82) is 0 Å². The van der Waals surface area contributed by atoms with Crippen LogP contribution in [0.1, 0.15) is 44.2 Å². The number of halogens is 1. The fourth-order valence-electron chi connectivity index (χ4n) is 3.35. The van der Waals surface area contributed by atoms with Gasteiger partial charge in [-0.2, -0.15) is 0 Å². The van der Waals surface area contributed by atoms with E-state index in [0.717, 1.165) is 15.4 Å². The van der Waals surface area contributed by atoms with E-state index in [4.69, 9.17) is 4.74 Å². The van der Waals surface area contributed by atoms with Gasteiger partial charge in [0.15, 0.2) is 6.10 Å². The van der Waals surface area contributed by atoms with E-state index >= 15 is 0 Å². The molecule has 0 spiro atoms. The Morgan fingerprint density at radius 2 is 1.90 bits per heavy atom. The molecule has 0 fully saturated rings. The molecule has 0 saturated heterocycles. The summed E-state index contributed by atoms with van der Waals surface area (Å²) in [7, 11) is -3.85. The van der Waals surface area contributed by atoms with E-state index in [0.29, 0.717) is 23.3 Å². The summed E-state index contributed by atoms with van der Waals surface area (Å²) in [5.41, 5.74) is 2.11. The number of hydrogen-bond donors (Lipinski definition) is 1. The molecule has 1 aromatic heterocycles. The van der Waals surface area contributed by atoms with Gasteiger partial charge in [0, 0.05) is 16.1 Å². The fourth-order valence-corrected chi connectivity index (χ4v) is 5.17. The lowest BCUT2D eigenvalue weighted by atomic mass is 10.0. The molecular formula is C22H24BrNO5S. The topological polar surface area (TPSA) is 85.6 Å². The van der Waals surface area contributed by atoms with Crippen LogP contribution in [-0.4, -0.2) is 29.6 Å². The van der Waals surface area contributed by atoms with Crippen LogP contribution in [0.4, 0.5) is 0 Å². The normalized spacial score (nSPS) is 13.0. The lowest BCUT2D eigenvalue weighted by molar-refractivity contribution is -0.145. The Bertz CT molecular complexity index is 1210. The van der Waals surface area contributed by atoms with Crippen LogP contribution in [0.3, 0.4) is 0 Å². The average molecular weight is 494 g/mol. The number of fused-ring (bicyclic) bond motifs is 1. The number of rotatable bonds is 7. The van der Waals surface area contributed by atoms with Crippen molar-refractivity contribution in [2.75, 3.05) is 0 Å². The molecule has 1 atom stereocenters. The molecule has 3 aromatic rings. The van der Waals surface area contributed by atoms with Crippen LogP contribution in [0.2, 0.25) is 0 Å². The first-order valence-electron chi connectivity index (χ1n) is 9.62. The Morgan fingerprint density at radius 3 is 2.47 bits per heavy atom. The van der Waals surface area contributed by atoms with Crippen LogP contribution >= 0.6 is 15.9 Å². The summed E-state index contributed by atoms with van der Waals surface area (Å²) in [6, 6.07) is 10.0. The molecule has 0 aliphatic carbocycles. The van der Waals surface area contributed by atoms with Gasteiger partial charge >= 0.3 is 5.97 Å². The van der Waals surface area contributed by atoms with E-state index in [-0.39, 0.29) is 10.8 Å². The smallest absolute Gasteiger partial charge is 0.344 e. The zero-order valence-electron chi connectivity index (χ0n) is 17.2. The second-order valence-corrected chi connectivity index (χ2v) is 10.2. The van der Waals surface area contributed by atoms with Crippen molar-refractivity contribution < 1.29 is 23.1 Å². The van der Waals surface area contributed by atoms with Gasteiger partial charge in [0.25, 0.3) is 10.0 Å². The monoisotopic (exact) mass is 493 g/mol. The molecule has 30 heavy (non-hydrogen) atoms. The molecule has 8 heteroatoms. The summed E-state index contributed by atoms with van der Waals surface area (Å²) in [6.45, 7) is 7.47. The summed E-state index contributed by atoms with van der Waals surface area (Å²) >= 11 is 3.46. The standard InChI is InChI=1S/C22H24BrNO5S/c1-5-20(22(25)26)29-21-9-7-16(10-14(21)4)30(27,28)24-12-18(13(2)3)17-11-15(23)6-8-19(17)24/h6-13,20H,5H2,1-4H3,(H,25,26). The third kappa shape index (κ3) is 4.11. The summed E-state index contributed by atoms with van der Waals surface area (Å²) in [5.74, 6) is -0.551. The maximum absolute atomic E-state index is 13.4. The SMILES string of the molecule is CCC(Oc1ccc(S(=O)(=O)n2cc(C(C)C)c3cc(Br)ccc32)cc1C)C(=O)O. The Kier molecular flexibility index (Phi) is 6.29. The van der Waals surface area contributed by atoms with Crippen molar-refractivity contribution in [3.8, 4) is 5.75 Å². The predicted molar refractivity (Wildman–Crippen MR) is 120 cm³/mol. The molecule has 1 N–H and O–H groups in total. The second kappa shape index (κ2) is 8.43. The van der Waals surface area contributed by atoms with E-state index in [9.17, 15) is 18.3 Å². The first-order chi connectivity index (χ1) is 14.1. The Morgan fingerprint density at radius 1 is 1.20 bits per heavy atom. The number of aromatic nitrogens is 1. The number of carbonyl (C=O) groups is 1. The van der Waals surface area contributed by atoms with Crippen LogP contribution in [-0.2, 0) is 14.8 Å². The van der Waals surface area contributed by atoms with Crippen molar-refractivity contribution >= 4 is 42.8 Å². The molecule has 0 amide bonds. The minimum absolute atomic E-state index is 0.117. The van der Waals surface area contributed by atoms with Gasteiger partial charge in [-0.25, -0.2) is 17.2 Å². The summed E-state index contributed by atoms with van der Waals surface area (Å²) in [6.07, 6.45) is 0.998. The highest BCUT2D eigenvalue weighted by atomic mass is 79.9. The zero-order chi connectivity index (χ0) is 22.2. The summed E-state index contributed by atoms with van der Waals surface area (Å²) in [4.78, 5) is 11.4. The van der Waals surface area contributed by atoms with Crippen LogP contribution in [0.5, 0.6) is 5.75 Å². The largest absolute Gasteiger partial charge is 0.479 e. The van der Waals surface area contributed by atoms with E-state index < -0.39 is 22.1 Å². The maximum atomic E-state index is 13.4. The van der Waals surface area contributed by atoms with Crippen LogP contribution < -0.4 is 4.74 Å². The van der Waals surface area contributed by atoms with Gasteiger partial charge in [-0.1, -0.05) is 36.7 Å². The highest BCUT2D eigenvalue weighted by molar-refractivity contribution is 9.10. The van der Waals surface area contributed by atoms with E-state index in [2.05, 4.69) is 15.9 Å². The van der Waals surface area contributed by atoms with Gasteiger partial charge in [-0.3, -0.25) is 0 Å². The van der Waals surface area contributed by atoms with Gasteiger partial charge in [-0.15, -0.1) is 0 Å². The zero-order valence-corrected chi connectivity index (χ0v) is 19.6. The van der Waals surface area contributed by atoms with Gasteiger partial charge in [0.2, 0.25) is 0 Å². The van der Waals surface area contributed by atoms with E-state index in [1.54, 1.807) is 26.1 Å². The first kappa shape index (κ1) is 22.4. The number of aryl methyl sites for hydroxylation is 1. The average Bonchev–Trinajstić information content (AvgIpc) is 3.06. The highest BCUT2D eigenvalue weighted by Crippen LogP contribution is 2.33. The number of benzene rings is 2. The lowest BCUT2D eigenvalue weighted by Gasteiger charge is -2.16. The number of ether oxygens (including phenoxy) is 1. The minimum Gasteiger partial charge on any atom is -0.479 e. The van der Waals surface area contributed by atoms with Crippen LogP contribution in [0.15, 0.2) is 52.0 Å². The number of nitrogens with zero attached hydrogens (tertiary/aromatic N) is 1. The molecule has 3 rings (SSSR count). The highest BCUT2D eigenvalue weighted by Gasteiger charge is 2.24. The molecule has 160 valence electrons. The molecule has 0 saturated carbocycles. The molecule has 2 aromatic carbocycles. The minimum atomic E-state index is -3.85. The number of aliphatic carboxylic acids is 1. The van der Waals surface area contributed by atoms with Crippen molar-refractivity contribution in [1.82, 2.24) is 3.97 Å². The van der Waals surface area contributed by atoms with E-state index in [1.807, 2.05) is 26.0 Å². The Hall–Kier alpha value is -2.32. The molecule has 1 unspecified atom stereocenters. The Labute approximate surface area is 184 Å². The molecule has 0 bridgehead atoms. The summed E-state index contributed by atoms with van der Waals surface area (Å²) < 4.78 is 34.6. The van der Waals surface area contributed by atoms with Crippen LogP contribution in [0, 0.1) is 6.92 Å². The van der Waals surface area contributed by atoms with Gasteiger partial charge in [0.1, 0.15) is 5.75 Å². The maximum Gasteiger partial charge on any atom is 0.344 e. The lowest BCUT2D eigenvalue weighted by Crippen LogP contribution is -2.26. The third-order valence-corrected chi connectivity index (χ3v) is 7.17. The second-order valence-electron chi connectivity index (χ2n) is 7.48. The van der Waals surface area contributed by atoms with Gasteiger partial charge in [0.05, 0.1) is 10.4 Å². The fraction of sp³-hybridized carbons (Fsp3) is 0.318. The molecule has 1 heterocycles. The van der Waals surface area contributed by atoms with Gasteiger partial charge in [-0.05, 0) is 66.8 Å². The summed E-state index contributed by atoms with van der Waals surface area (Å²) in [5, 5.41) is 10.1. The first-order valence-corrected chi connectivity index (χ1v) is 11.9. The molecule has 0 aliphatic rings. The van der Waals surface area contributed by atoms with Crippen molar-refractivity contribution in [2.24, 2.45) is 0 Å².